The molecule has 0 amide bonds. The van der Waals surface area contributed by atoms with Gasteiger partial charge in [-0.1, -0.05) is 0 Å². The molecule has 0 bridgehead atoms. The van der Waals surface area contributed by atoms with Gasteiger partial charge in [-0.15, -0.1) is 0 Å². The predicted octanol–water partition coefficient (Wildman–Crippen LogP) is 4.32. The number of hydrogen-bond donors (Lipinski definition) is 0. The van der Waals surface area contributed by atoms with Crippen molar-refractivity contribution in [1.82, 2.24) is 0 Å². The summed E-state index contributed by atoms with van der Waals surface area (Å²) in [5, 5.41) is 0.732. The maximum atomic E-state index is 13.3. The first kappa shape index (κ1) is 20.4. The molecule has 32 heavy (non-hydrogen) atoms. The van der Waals surface area contributed by atoms with E-state index in [4.69, 9.17) is 23.4 Å². The quantitative estimate of drug-likeness (QED) is 0.563. The number of benzene rings is 2. The van der Waals surface area contributed by atoms with Gasteiger partial charge in [-0.3, -0.25) is 4.79 Å². The summed E-state index contributed by atoms with van der Waals surface area (Å²) in [5.41, 5.74) is 3.75. The summed E-state index contributed by atoms with van der Waals surface area (Å²) in [6.07, 6.45) is 1.89. The second kappa shape index (κ2) is 7.58. The summed E-state index contributed by atoms with van der Waals surface area (Å²) in [6, 6.07) is 5.36. The molecule has 1 unspecified atom stereocenters. The molecule has 166 valence electrons. The second-order valence-corrected chi connectivity index (χ2v) is 8.13. The summed E-state index contributed by atoms with van der Waals surface area (Å²) in [6.45, 7) is 1.84. The van der Waals surface area contributed by atoms with E-state index in [0.29, 0.717) is 51.7 Å². The van der Waals surface area contributed by atoms with Crippen LogP contribution in [0.15, 0.2) is 27.4 Å². The van der Waals surface area contributed by atoms with Gasteiger partial charge in [0.1, 0.15) is 17.4 Å². The molecule has 0 radical (unpaired) electrons. The summed E-state index contributed by atoms with van der Waals surface area (Å²) < 4.78 is 28.7. The van der Waals surface area contributed by atoms with Crippen molar-refractivity contribution in [3.05, 3.63) is 56.4 Å². The molecule has 1 aliphatic heterocycles. The number of Topliss-reactive ketones (excluding diaryl/α,β-unsaturated/α-hetero) is 1. The van der Waals surface area contributed by atoms with Crippen LogP contribution in [0.1, 0.15) is 51.6 Å². The zero-order chi connectivity index (χ0) is 22.6. The molecule has 7 nitrogen and oxygen atoms in total. The Balaban J connectivity index is 1.73. The Bertz CT molecular complexity index is 1320. The average Bonchev–Trinajstić information content (AvgIpc) is 3.27. The van der Waals surface area contributed by atoms with Gasteiger partial charge in [-0.25, -0.2) is 4.79 Å². The van der Waals surface area contributed by atoms with Gasteiger partial charge in [-0.2, -0.15) is 0 Å². The minimum absolute atomic E-state index is 0.0227. The number of carbonyl (C=O) groups is 1. The normalized spacial score (nSPS) is 17.0. The molecule has 0 spiro atoms. The Morgan fingerprint density at radius 3 is 2.44 bits per heavy atom. The van der Waals surface area contributed by atoms with Crippen molar-refractivity contribution in [2.75, 3.05) is 21.3 Å². The lowest BCUT2D eigenvalue weighted by Gasteiger charge is -2.29. The molecular weight excluding hydrogens is 412 g/mol. The van der Waals surface area contributed by atoms with Gasteiger partial charge in [0, 0.05) is 11.1 Å². The van der Waals surface area contributed by atoms with Gasteiger partial charge in [0.2, 0.25) is 5.75 Å². The first-order valence-corrected chi connectivity index (χ1v) is 10.6. The number of ether oxygens (including phenoxy) is 4. The van der Waals surface area contributed by atoms with E-state index in [9.17, 15) is 9.59 Å². The summed E-state index contributed by atoms with van der Waals surface area (Å²) in [7, 11) is 4.63. The number of carbonyl (C=O) groups excluding carboxylic acids is 1. The molecule has 1 aromatic heterocycles. The highest BCUT2D eigenvalue weighted by atomic mass is 16.5. The van der Waals surface area contributed by atoms with Crippen LogP contribution in [0.2, 0.25) is 0 Å². The van der Waals surface area contributed by atoms with Gasteiger partial charge in [0.15, 0.2) is 17.3 Å². The molecule has 3 aromatic rings. The van der Waals surface area contributed by atoms with Crippen molar-refractivity contribution in [3.8, 4) is 23.0 Å². The number of rotatable bonds is 4. The lowest BCUT2D eigenvalue weighted by atomic mass is 9.90. The monoisotopic (exact) mass is 436 g/mol. The minimum atomic E-state index is -0.585. The van der Waals surface area contributed by atoms with Crippen LogP contribution in [-0.2, 0) is 12.8 Å². The molecule has 0 N–H and O–H groups in total. The van der Waals surface area contributed by atoms with Gasteiger partial charge < -0.3 is 23.4 Å². The highest BCUT2D eigenvalue weighted by Crippen LogP contribution is 2.48. The van der Waals surface area contributed by atoms with Gasteiger partial charge in [0.25, 0.3) is 0 Å². The lowest BCUT2D eigenvalue weighted by Crippen LogP contribution is -2.23. The smallest absolute Gasteiger partial charge is 0.339 e. The molecule has 2 aromatic carbocycles. The molecule has 2 aliphatic rings. The van der Waals surface area contributed by atoms with E-state index in [1.807, 2.05) is 13.0 Å². The summed E-state index contributed by atoms with van der Waals surface area (Å²) in [5.74, 6) is 1.89. The molecule has 0 saturated heterocycles. The zero-order valence-corrected chi connectivity index (χ0v) is 18.5. The number of ketones is 1. The van der Waals surface area contributed by atoms with Crippen molar-refractivity contribution in [2.45, 2.75) is 38.7 Å². The van der Waals surface area contributed by atoms with E-state index in [2.05, 4.69) is 0 Å². The Labute approximate surface area is 184 Å². The maximum absolute atomic E-state index is 13.3. The number of aryl methyl sites for hydroxylation is 2. The Hall–Kier alpha value is -3.48. The topological polar surface area (TPSA) is 84.2 Å². The van der Waals surface area contributed by atoms with E-state index < -0.39 is 6.10 Å². The van der Waals surface area contributed by atoms with Gasteiger partial charge in [-0.05, 0) is 55.5 Å². The molecular formula is C25H24O7. The highest BCUT2D eigenvalue weighted by molar-refractivity contribution is 6.07. The molecule has 0 saturated carbocycles. The van der Waals surface area contributed by atoms with E-state index in [1.54, 1.807) is 26.4 Å². The molecule has 5 rings (SSSR count). The number of hydrogen-bond acceptors (Lipinski definition) is 7. The van der Waals surface area contributed by atoms with E-state index in [0.717, 1.165) is 29.4 Å². The summed E-state index contributed by atoms with van der Waals surface area (Å²) in [4.78, 5) is 25.8. The third kappa shape index (κ3) is 2.87. The fraction of sp³-hybridized carbons (Fsp3) is 0.360. The molecule has 2 heterocycles. The fourth-order valence-electron chi connectivity index (χ4n) is 5.00. The van der Waals surface area contributed by atoms with E-state index in [1.165, 1.54) is 7.11 Å². The first-order chi connectivity index (χ1) is 15.5. The predicted molar refractivity (Wildman–Crippen MR) is 118 cm³/mol. The maximum Gasteiger partial charge on any atom is 0.339 e. The van der Waals surface area contributed by atoms with Crippen LogP contribution in [0.3, 0.4) is 0 Å². The average molecular weight is 436 g/mol. The van der Waals surface area contributed by atoms with Gasteiger partial charge >= 0.3 is 5.63 Å². The van der Waals surface area contributed by atoms with Crippen molar-refractivity contribution in [1.29, 1.82) is 0 Å². The molecule has 1 aliphatic carbocycles. The SMILES string of the molecule is COc1ccc(C2CC(=O)c3c(C)cc4oc(=O)c5c(c4c3O2)CCC5)c(OC)c1OC. The van der Waals surface area contributed by atoms with Crippen molar-refractivity contribution in [2.24, 2.45) is 0 Å². The Kier molecular flexibility index (Phi) is 4.84. The minimum Gasteiger partial charge on any atom is -0.493 e. The fourth-order valence-corrected chi connectivity index (χ4v) is 5.00. The van der Waals surface area contributed by atoms with Crippen LogP contribution >= 0.6 is 0 Å². The Morgan fingerprint density at radius 1 is 0.969 bits per heavy atom. The van der Waals surface area contributed by atoms with Crippen LogP contribution in [0.25, 0.3) is 11.0 Å². The van der Waals surface area contributed by atoms with Crippen LogP contribution in [0, 0.1) is 6.92 Å². The highest BCUT2D eigenvalue weighted by Gasteiger charge is 2.35. The van der Waals surface area contributed by atoms with E-state index >= 15 is 0 Å². The second-order valence-electron chi connectivity index (χ2n) is 8.13. The third-order valence-corrected chi connectivity index (χ3v) is 6.40. The lowest BCUT2D eigenvalue weighted by molar-refractivity contribution is 0.0848. The van der Waals surface area contributed by atoms with Crippen LogP contribution in [-0.4, -0.2) is 27.1 Å². The van der Waals surface area contributed by atoms with Crippen LogP contribution in [0.5, 0.6) is 23.0 Å². The zero-order valence-electron chi connectivity index (χ0n) is 18.5. The van der Waals surface area contributed by atoms with Gasteiger partial charge in [0.05, 0.1) is 38.7 Å². The molecule has 0 fully saturated rings. The van der Waals surface area contributed by atoms with Crippen LogP contribution < -0.4 is 24.6 Å². The third-order valence-electron chi connectivity index (χ3n) is 6.40. The van der Waals surface area contributed by atoms with Crippen molar-refractivity contribution in [3.63, 3.8) is 0 Å². The largest absolute Gasteiger partial charge is 0.493 e. The van der Waals surface area contributed by atoms with E-state index in [-0.39, 0.29) is 17.8 Å². The number of fused-ring (bicyclic) bond motifs is 5. The molecule has 1 atom stereocenters. The van der Waals surface area contributed by atoms with Crippen LogP contribution in [0.4, 0.5) is 0 Å². The van der Waals surface area contributed by atoms with Crippen molar-refractivity contribution < 1.29 is 28.2 Å². The number of methoxy groups -OCH3 is 3. The molecule has 7 heteroatoms. The summed E-state index contributed by atoms with van der Waals surface area (Å²) >= 11 is 0. The Morgan fingerprint density at radius 2 is 1.72 bits per heavy atom. The standard InChI is InChI=1S/C25H24O7/c1-12-10-19-21(13-6-5-7-14(13)25(27)32-19)24-20(12)16(26)11-18(31-24)15-8-9-17(28-2)23(30-4)22(15)29-3/h8-10,18H,5-7,11H2,1-4H3. The first-order valence-electron chi connectivity index (χ1n) is 10.6. The van der Waals surface area contributed by atoms with Crippen molar-refractivity contribution >= 4 is 16.8 Å².